The van der Waals surface area contributed by atoms with Gasteiger partial charge in [0.25, 0.3) is 0 Å². The van der Waals surface area contributed by atoms with Crippen LogP contribution in [-0.4, -0.2) is 6.10 Å². The van der Waals surface area contributed by atoms with Gasteiger partial charge < -0.3 is 0 Å². The first-order chi connectivity index (χ1) is 7.54. The summed E-state index contributed by atoms with van der Waals surface area (Å²) in [4.78, 5) is 9.15. The molecule has 0 saturated carbocycles. The molecule has 86 valence electrons. The monoisotopic (exact) mass is 219 g/mol. The second-order valence-electron chi connectivity index (χ2n) is 4.57. The fourth-order valence-corrected chi connectivity index (χ4v) is 1.11. The van der Waals surface area contributed by atoms with Crippen molar-refractivity contribution in [3.05, 3.63) is 35.9 Å². The Balaban J connectivity index is 2.80. The Bertz CT molecular complexity index is 370. The van der Waals surface area contributed by atoms with E-state index in [9.17, 15) is 0 Å². The minimum Gasteiger partial charge on any atom is -0.201 e. The van der Waals surface area contributed by atoms with E-state index in [1.54, 1.807) is 0 Å². The predicted octanol–water partition coefficient (Wildman–Crippen LogP) is 2.27. The van der Waals surface area contributed by atoms with Gasteiger partial charge in [-0.2, -0.15) is 5.90 Å². The first-order valence-electron chi connectivity index (χ1n) is 5.13. The molecule has 3 nitrogen and oxygen atoms in total. The van der Waals surface area contributed by atoms with Crippen LogP contribution in [0, 0.1) is 17.3 Å². The second-order valence-corrected chi connectivity index (χ2v) is 4.57. The van der Waals surface area contributed by atoms with Crippen molar-refractivity contribution in [2.75, 3.05) is 0 Å². The molecule has 0 aromatic heterocycles. The van der Waals surface area contributed by atoms with Gasteiger partial charge in [0.2, 0.25) is 0 Å². The molecule has 1 unspecified atom stereocenters. The fourth-order valence-electron chi connectivity index (χ4n) is 1.11. The van der Waals surface area contributed by atoms with Crippen molar-refractivity contribution in [1.29, 1.82) is 0 Å². The maximum absolute atomic E-state index is 4.93. The molecule has 0 aliphatic heterocycles. The van der Waals surface area contributed by atoms with Crippen molar-refractivity contribution >= 4 is 0 Å². The predicted molar refractivity (Wildman–Crippen MR) is 62.9 cm³/mol. The maximum atomic E-state index is 4.93. The van der Waals surface area contributed by atoms with E-state index in [0.717, 1.165) is 5.56 Å². The van der Waals surface area contributed by atoms with Crippen LogP contribution in [-0.2, 0) is 9.88 Å². The Morgan fingerprint density at radius 1 is 1.19 bits per heavy atom. The average Bonchev–Trinajstić information content (AvgIpc) is 2.24. The van der Waals surface area contributed by atoms with Crippen LogP contribution in [0.25, 0.3) is 0 Å². The lowest BCUT2D eigenvalue weighted by molar-refractivity contribution is -0.331. The third-order valence-corrected chi connectivity index (χ3v) is 2.06. The molecule has 0 amide bonds. The van der Waals surface area contributed by atoms with Crippen LogP contribution in [0.3, 0.4) is 0 Å². The SMILES string of the molecule is CC(C)(C)C(C#Cc1ccccc1)OON. The van der Waals surface area contributed by atoms with Crippen molar-refractivity contribution in [2.45, 2.75) is 26.9 Å². The van der Waals surface area contributed by atoms with E-state index in [1.165, 1.54) is 0 Å². The van der Waals surface area contributed by atoms with Crippen molar-refractivity contribution in [2.24, 2.45) is 11.3 Å². The summed E-state index contributed by atoms with van der Waals surface area (Å²) in [6.45, 7) is 6.03. The number of rotatable bonds is 2. The zero-order valence-electron chi connectivity index (χ0n) is 9.86. The van der Waals surface area contributed by atoms with Crippen LogP contribution >= 0.6 is 0 Å². The molecule has 3 heteroatoms. The summed E-state index contributed by atoms with van der Waals surface area (Å²) in [5.74, 6) is 10.9. The van der Waals surface area contributed by atoms with E-state index in [2.05, 4.69) is 16.8 Å². The summed E-state index contributed by atoms with van der Waals surface area (Å²) in [6, 6.07) is 9.71. The van der Waals surface area contributed by atoms with Crippen molar-refractivity contribution in [3.8, 4) is 11.8 Å². The smallest absolute Gasteiger partial charge is 0.160 e. The van der Waals surface area contributed by atoms with Gasteiger partial charge in [0.15, 0.2) is 6.10 Å². The van der Waals surface area contributed by atoms with Crippen LogP contribution in [0.15, 0.2) is 30.3 Å². The summed E-state index contributed by atoms with van der Waals surface area (Å²) >= 11 is 0. The van der Waals surface area contributed by atoms with Crippen LogP contribution in [0.4, 0.5) is 0 Å². The van der Waals surface area contributed by atoms with Crippen molar-refractivity contribution in [3.63, 3.8) is 0 Å². The lowest BCUT2D eigenvalue weighted by atomic mass is 9.89. The summed E-state index contributed by atoms with van der Waals surface area (Å²) in [6.07, 6.45) is -0.363. The Kier molecular flexibility index (Phi) is 4.51. The van der Waals surface area contributed by atoms with Gasteiger partial charge >= 0.3 is 0 Å². The first-order valence-corrected chi connectivity index (χ1v) is 5.13. The molecule has 0 radical (unpaired) electrons. The van der Waals surface area contributed by atoms with E-state index >= 15 is 0 Å². The number of nitrogens with two attached hydrogens (primary N) is 1. The molecule has 1 aromatic carbocycles. The number of hydrogen-bond donors (Lipinski definition) is 1. The molecular weight excluding hydrogens is 202 g/mol. The molecule has 0 saturated heterocycles. The van der Waals surface area contributed by atoms with Crippen LogP contribution < -0.4 is 5.90 Å². The third kappa shape index (κ3) is 4.03. The highest BCUT2D eigenvalue weighted by atomic mass is 17.3. The average molecular weight is 219 g/mol. The summed E-state index contributed by atoms with van der Waals surface area (Å²) in [7, 11) is 0. The molecule has 16 heavy (non-hydrogen) atoms. The molecule has 0 aliphatic carbocycles. The molecule has 0 heterocycles. The van der Waals surface area contributed by atoms with E-state index in [-0.39, 0.29) is 11.5 Å². The lowest BCUT2D eigenvalue weighted by Gasteiger charge is -2.23. The molecule has 1 aromatic rings. The Hall–Kier alpha value is -1.34. The van der Waals surface area contributed by atoms with Crippen LogP contribution in [0.2, 0.25) is 0 Å². The number of hydrogen-bond acceptors (Lipinski definition) is 3. The van der Waals surface area contributed by atoms with Crippen LogP contribution in [0.1, 0.15) is 26.3 Å². The van der Waals surface area contributed by atoms with E-state index in [4.69, 9.17) is 10.8 Å². The third-order valence-electron chi connectivity index (χ3n) is 2.06. The van der Waals surface area contributed by atoms with Gasteiger partial charge in [-0.1, -0.05) is 50.8 Å². The fraction of sp³-hybridized carbons (Fsp3) is 0.385. The Morgan fingerprint density at radius 2 is 1.81 bits per heavy atom. The molecule has 0 bridgehead atoms. The van der Waals surface area contributed by atoms with Gasteiger partial charge in [0.05, 0.1) is 0 Å². The second kappa shape index (κ2) is 5.66. The Morgan fingerprint density at radius 3 is 2.31 bits per heavy atom. The largest absolute Gasteiger partial charge is 0.201 e. The minimum absolute atomic E-state index is 0.152. The molecule has 0 spiro atoms. The van der Waals surface area contributed by atoms with Gasteiger partial charge in [0, 0.05) is 11.0 Å². The standard InChI is InChI=1S/C13H17NO2/c1-13(2,3)12(15-16-14)10-9-11-7-5-4-6-8-11/h4-8,12H,14H2,1-3H3. The normalized spacial score (nSPS) is 12.8. The molecule has 1 rings (SSSR count). The minimum atomic E-state index is -0.363. The van der Waals surface area contributed by atoms with Gasteiger partial charge in [-0.05, 0) is 12.1 Å². The van der Waals surface area contributed by atoms with Crippen molar-refractivity contribution in [1.82, 2.24) is 0 Å². The van der Waals surface area contributed by atoms with E-state index in [1.807, 2.05) is 51.1 Å². The Labute approximate surface area is 96.4 Å². The zero-order chi connectivity index (χ0) is 12.0. The zero-order valence-corrected chi connectivity index (χ0v) is 9.86. The van der Waals surface area contributed by atoms with Gasteiger partial charge in [-0.25, -0.2) is 4.89 Å². The highest BCUT2D eigenvalue weighted by molar-refractivity contribution is 5.34. The molecule has 2 N–H and O–H groups in total. The van der Waals surface area contributed by atoms with Crippen LogP contribution in [0.5, 0.6) is 0 Å². The lowest BCUT2D eigenvalue weighted by Crippen LogP contribution is -2.29. The topological polar surface area (TPSA) is 44.5 Å². The molecule has 1 atom stereocenters. The van der Waals surface area contributed by atoms with Gasteiger partial charge in [-0.15, -0.1) is 4.99 Å². The molecular formula is C13H17NO2. The van der Waals surface area contributed by atoms with Crippen molar-refractivity contribution < 1.29 is 9.88 Å². The highest BCUT2D eigenvalue weighted by Crippen LogP contribution is 2.21. The summed E-state index contributed by atoms with van der Waals surface area (Å²) < 4.78 is 0. The quantitative estimate of drug-likeness (QED) is 0.471. The maximum Gasteiger partial charge on any atom is 0.160 e. The molecule has 0 fully saturated rings. The van der Waals surface area contributed by atoms with Gasteiger partial charge in [-0.3, -0.25) is 0 Å². The van der Waals surface area contributed by atoms with Gasteiger partial charge in [0.1, 0.15) is 0 Å². The summed E-state index contributed by atoms with van der Waals surface area (Å²) in [5.41, 5.74) is 0.790. The van der Waals surface area contributed by atoms with E-state index in [0.29, 0.717) is 0 Å². The number of benzene rings is 1. The first kappa shape index (κ1) is 12.7. The highest BCUT2D eigenvalue weighted by Gasteiger charge is 2.24. The molecule has 0 aliphatic rings. The summed E-state index contributed by atoms with van der Waals surface area (Å²) in [5, 5.41) is 0. The van der Waals surface area contributed by atoms with E-state index < -0.39 is 0 Å².